The van der Waals surface area contributed by atoms with Crippen LogP contribution in [0.4, 0.5) is 4.39 Å². The maximum absolute atomic E-state index is 13.4. The lowest BCUT2D eigenvalue weighted by atomic mass is 10.2. The number of rotatable bonds is 5. The van der Waals surface area contributed by atoms with Crippen LogP contribution in [0, 0.1) is 12.7 Å². The zero-order valence-corrected chi connectivity index (χ0v) is 11.8. The molecule has 2 rings (SSSR count). The number of aryl methyl sites for hydroxylation is 1. The number of hydrogen-bond donors (Lipinski definition) is 2. The van der Waals surface area contributed by atoms with E-state index in [1.165, 1.54) is 31.2 Å². The number of carboxylic acids is 1. The second-order valence-corrected chi connectivity index (χ2v) is 6.07. The summed E-state index contributed by atoms with van der Waals surface area (Å²) in [7, 11) is -3.91. The van der Waals surface area contributed by atoms with Gasteiger partial charge in [-0.15, -0.1) is 0 Å². The molecule has 0 atom stereocenters. The number of aromatic carboxylic acids is 1. The van der Waals surface area contributed by atoms with Crippen molar-refractivity contribution in [1.29, 1.82) is 0 Å². The minimum atomic E-state index is -3.91. The maximum Gasteiger partial charge on any atom is 0.371 e. The van der Waals surface area contributed by atoms with Gasteiger partial charge in [0.15, 0.2) is 0 Å². The summed E-state index contributed by atoms with van der Waals surface area (Å²) < 4.78 is 44.5. The van der Waals surface area contributed by atoms with Crippen LogP contribution in [0.15, 0.2) is 39.6 Å². The summed E-state index contributed by atoms with van der Waals surface area (Å²) in [5, 5.41) is 8.69. The monoisotopic (exact) mass is 313 g/mol. The number of benzene rings is 1. The predicted octanol–water partition coefficient (Wildman–Crippen LogP) is 1.90. The van der Waals surface area contributed by atoms with Gasteiger partial charge in [-0.05, 0) is 36.8 Å². The van der Waals surface area contributed by atoms with Crippen LogP contribution in [0.2, 0.25) is 0 Å². The lowest BCUT2D eigenvalue weighted by Gasteiger charge is -2.06. The van der Waals surface area contributed by atoms with Crippen molar-refractivity contribution < 1.29 is 27.1 Å². The van der Waals surface area contributed by atoms with E-state index in [9.17, 15) is 17.6 Å². The van der Waals surface area contributed by atoms with Gasteiger partial charge in [0, 0.05) is 0 Å². The number of sulfonamides is 1. The van der Waals surface area contributed by atoms with Crippen LogP contribution in [0.25, 0.3) is 0 Å². The number of furan rings is 1. The number of halogens is 1. The topological polar surface area (TPSA) is 96.6 Å². The summed E-state index contributed by atoms with van der Waals surface area (Å²) in [4.78, 5) is 10.4. The summed E-state index contributed by atoms with van der Waals surface area (Å²) >= 11 is 0. The van der Waals surface area contributed by atoms with Crippen molar-refractivity contribution in [1.82, 2.24) is 4.72 Å². The van der Waals surface area contributed by atoms with Gasteiger partial charge in [-0.2, -0.15) is 0 Å². The third-order valence-corrected chi connectivity index (χ3v) is 4.16. The molecule has 112 valence electrons. The zero-order valence-electron chi connectivity index (χ0n) is 11.0. The summed E-state index contributed by atoms with van der Waals surface area (Å²) in [6, 6.07) is 6.13. The largest absolute Gasteiger partial charge is 0.475 e. The molecule has 0 amide bonds. The first-order valence-corrected chi connectivity index (χ1v) is 7.36. The quantitative estimate of drug-likeness (QED) is 0.879. The molecule has 0 aliphatic rings. The molecule has 0 saturated heterocycles. The molecule has 1 heterocycles. The highest BCUT2D eigenvalue weighted by atomic mass is 32.2. The second kappa shape index (κ2) is 5.66. The third-order valence-electron chi connectivity index (χ3n) is 2.76. The molecule has 0 saturated carbocycles. The number of carbonyl (C=O) groups is 1. The standard InChI is InChI=1S/C13H12FNO5S/c1-8-2-4-10(6-11(8)14)21(18,19)15-7-9-3-5-12(20-9)13(16)17/h2-6,15H,7H2,1H3,(H,16,17). The molecule has 8 heteroatoms. The molecule has 0 spiro atoms. The van der Waals surface area contributed by atoms with Gasteiger partial charge in [-0.3, -0.25) is 0 Å². The summed E-state index contributed by atoms with van der Waals surface area (Å²) in [6.07, 6.45) is 0. The smallest absolute Gasteiger partial charge is 0.371 e. The van der Waals surface area contributed by atoms with Crippen LogP contribution in [0.5, 0.6) is 0 Å². The van der Waals surface area contributed by atoms with Gasteiger partial charge in [0.05, 0.1) is 11.4 Å². The van der Waals surface area contributed by atoms with E-state index in [1.807, 2.05) is 0 Å². The number of hydrogen-bond acceptors (Lipinski definition) is 4. The first-order valence-electron chi connectivity index (χ1n) is 5.87. The molecule has 0 fully saturated rings. The van der Waals surface area contributed by atoms with Gasteiger partial charge in [-0.25, -0.2) is 22.3 Å². The molecule has 6 nitrogen and oxygen atoms in total. The predicted molar refractivity (Wildman–Crippen MR) is 70.8 cm³/mol. The highest BCUT2D eigenvalue weighted by Gasteiger charge is 2.17. The molecule has 2 N–H and O–H groups in total. The number of nitrogens with one attached hydrogen (secondary N) is 1. The minimum Gasteiger partial charge on any atom is -0.475 e. The van der Waals surface area contributed by atoms with E-state index >= 15 is 0 Å². The van der Waals surface area contributed by atoms with Gasteiger partial charge in [0.2, 0.25) is 15.8 Å². The molecule has 0 bridgehead atoms. The Hall–Kier alpha value is -2.19. The summed E-state index contributed by atoms with van der Waals surface area (Å²) in [5.41, 5.74) is 0.339. The fourth-order valence-corrected chi connectivity index (χ4v) is 2.58. The van der Waals surface area contributed by atoms with Crippen molar-refractivity contribution in [2.75, 3.05) is 0 Å². The first-order chi connectivity index (χ1) is 9.79. The van der Waals surface area contributed by atoms with E-state index in [-0.39, 0.29) is 23.0 Å². The normalized spacial score (nSPS) is 11.5. The molecule has 0 radical (unpaired) electrons. The first kappa shape index (κ1) is 15.2. The van der Waals surface area contributed by atoms with Crippen LogP contribution in [-0.4, -0.2) is 19.5 Å². The third kappa shape index (κ3) is 3.47. The Morgan fingerprint density at radius 2 is 2.05 bits per heavy atom. The van der Waals surface area contributed by atoms with E-state index in [4.69, 9.17) is 9.52 Å². The van der Waals surface area contributed by atoms with Crippen LogP contribution in [-0.2, 0) is 16.6 Å². The minimum absolute atomic E-state index is 0.142. The van der Waals surface area contributed by atoms with E-state index in [2.05, 4.69) is 4.72 Å². The van der Waals surface area contributed by atoms with Crippen molar-refractivity contribution in [2.24, 2.45) is 0 Å². The highest BCUT2D eigenvalue weighted by Crippen LogP contribution is 2.15. The van der Waals surface area contributed by atoms with Crippen molar-refractivity contribution in [3.63, 3.8) is 0 Å². The van der Waals surface area contributed by atoms with Crippen molar-refractivity contribution in [2.45, 2.75) is 18.4 Å². The Morgan fingerprint density at radius 1 is 1.33 bits per heavy atom. The molecule has 1 aromatic carbocycles. The summed E-state index contributed by atoms with van der Waals surface area (Å²) in [6.45, 7) is 1.29. The Kier molecular flexibility index (Phi) is 4.10. The van der Waals surface area contributed by atoms with E-state index in [0.29, 0.717) is 5.56 Å². The summed E-state index contributed by atoms with van der Waals surface area (Å²) in [5.74, 6) is -2.01. The molecule has 0 aliphatic heterocycles. The van der Waals surface area contributed by atoms with Crippen molar-refractivity contribution in [3.05, 3.63) is 53.2 Å². The molecule has 0 unspecified atom stereocenters. The van der Waals surface area contributed by atoms with Crippen molar-refractivity contribution in [3.8, 4) is 0 Å². The molecule has 21 heavy (non-hydrogen) atoms. The Labute approximate surface area is 120 Å². The van der Waals surface area contributed by atoms with Gasteiger partial charge >= 0.3 is 5.97 Å². The lowest BCUT2D eigenvalue weighted by Crippen LogP contribution is -2.23. The Morgan fingerprint density at radius 3 is 2.62 bits per heavy atom. The van der Waals surface area contributed by atoms with Crippen LogP contribution in [0.3, 0.4) is 0 Å². The molecule has 0 aliphatic carbocycles. The van der Waals surface area contributed by atoms with Crippen molar-refractivity contribution >= 4 is 16.0 Å². The van der Waals surface area contributed by atoms with Gasteiger partial charge < -0.3 is 9.52 Å². The van der Waals surface area contributed by atoms with Gasteiger partial charge in [-0.1, -0.05) is 6.07 Å². The molecule has 2 aromatic rings. The van der Waals surface area contributed by atoms with Gasteiger partial charge in [0.25, 0.3) is 0 Å². The number of carboxylic acid groups (broad SMARTS) is 1. The zero-order chi connectivity index (χ0) is 15.6. The lowest BCUT2D eigenvalue weighted by molar-refractivity contribution is 0.0660. The highest BCUT2D eigenvalue weighted by molar-refractivity contribution is 7.89. The van der Waals surface area contributed by atoms with E-state index in [1.54, 1.807) is 0 Å². The fraction of sp³-hybridized carbons (Fsp3) is 0.154. The fourth-order valence-electron chi connectivity index (χ4n) is 1.58. The van der Waals surface area contributed by atoms with E-state index in [0.717, 1.165) is 6.07 Å². The van der Waals surface area contributed by atoms with Gasteiger partial charge in [0.1, 0.15) is 11.6 Å². The maximum atomic E-state index is 13.4. The SMILES string of the molecule is Cc1ccc(S(=O)(=O)NCc2ccc(C(=O)O)o2)cc1F. The van der Waals surface area contributed by atoms with E-state index < -0.39 is 21.8 Å². The molecular formula is C13H12FNO5S. The molecule has 1 aromatic heterocycles. The average Bonchev–Trinajstić information content (AvgIpc) is 2.89. The molecular weight excluding hydrogens is 301 g/mol. The Bertz CT molecular complexity index is 782. The van der Waals surface area contributed by atoms with Crippen LogP contribution < -0.4 is 4.72 Å². The van der Waals surface area contributed by atoms with Crippen LogP contribution in [0.1, 0.15) is 21.9 Å². The average molecular weight is 313 g/mol. The Balaban J connectivity index is 2.13. The van der Waals surface area contributed by atoms with Crippen LogP contribution >= 0.6 is 0 Å². The second-order valence-electron chi connectivity index (χ2n) is 4.31.